The van der Waals surface area contributed by atoms with Gasteiger partial charge in [-0.25, -0.2) is 4.98 Å². The van der Waals surface area contributed by atoms with Crippen LogP contribution in [0.1, 0.15) is 27.6 Å². The number of imidazole rings is 1. The second-order valence-corrected chi connectivity index (χ2v) is 5.23. The average Bonchev–Trinajstić information content (AvgIpc) is 2.99. The van der Waals surface area contributed by atoms with Crippen molar-refractivity contribution in [2.24, 2.45) is 0 Å². The molecule has 0 atom stereocenters. The number of nitrogens with one attached hydrogen (secondary N) is 1. The Labute approximate surface area is 134 Å². The quantitative estimate of drug-likeness (QED) is 0.802. The number of aryl methyl sites for hydroxylation is 2. The van der Waals surface area contributed by atoms with Crippen LogP contribution >= 0.6 is 0 Å². The van der Waals surface area contributed by atoms with Gasteiger partial charge in [0.05, 0.1) is 5.69 Å². The maximum absolute atomic E-state index is 12.3. The van der Waals surface area contributed by atoms with Crippen LogP contribution in [0.2, 0.25) is 0 Å². The molecule has 0 radical (unpaired) electrons. The molecule has 0 aliphatic rings. The van der Waals surface area contributed by atoms with Crippen molar-refractivity contribution in [2.75, 3.05) is 0 Å². The Morgan fingerprint density at radius 2 is 1.91 bits per heavy atom. The van der Waals surface area contributed by atoms with E-state index in [9.17, 15) is 4.79 Å². The number of amides is 1. The fraction of sp³-hybridized carbons (Fsp3) is 0.176. The summed E-state index contributed by atoms with van der Waals surface area (Å²) in [4.78, 5) is 24.8. The highest BCUT2D eigenvalue weighted by molar-refractivity contribution is 5.92. The molecule has 0 saturated carbocycles. The van der Waals surface area contributed by atoms with Crippen LogP contribution in [-0.2, 0) is 6.54 Å². The minimum Gasteiger partial charge on any atom is -0.347 e. The van der Waals surface area contributed by atoms with E-state index in [0.717, 1.165) is 22.8 Å². The fourth-order valence-electron chi connectivity index (χ4n) is 2.33. The van der Waals surface area contributed by atoms with E-state index < -0.39 is 0 Å². The molecule has 0 unspecified atom stereocenters. The van der Waals surface area contributed by atoms with E-state index in [4.69, 9.17) is 0 Å². The van der Waals surface area contributed by atoms with Crippen molar-refractivity contribution < 1.29 is 4.79 Å². The minimum absolute atomic E-state index is 0.209. The first-order valence-electron chi connectivity index (χ1n) is 7.29. The lowest BCUT2D eigenvalue weighted by Gasteiger charge is -2.08. The number of nitrogens with zero attached hydrogens (tertiary/aromatic N) is 4. The number of rotatable bonds is 4. The van der Waals surface area contributed by atoms with Crippen LogP contribution in [-0.4, -0.2) is 25.4 Å². The molecule has 0 spiro atoms. The Hall–Kier alpha value is -3.02. The van der Waals surface area contributed by atoms with Gasteiger partial charge >= 0.3 is 0 Å². The zero-order valence-corrected chi connectivity index (χ0v) is 13.0. The largest absolute Gasteiger partial charge is 0.347 e. The lowest BCUT2D eigenvalue weighted by atomic mass is 10.2. The number of hydrogen-bond acceptors (Lipinski definition) is 4. The summed E-state index contributed by atoms with van der Waals surface area (Å²) in [6, 6.07) is 7.42. The molecular formula is C17H17N5O. The molecule has 1 N–H and O–H groups in total. The molecule has 6 nitrogen and oxygen atoms in total. The first-order chi connectivity index (χ1) is 11.1. The Morgan fingerprint density at radius 1 is 1.09 bits per heavy atom. The standard InChI is InChI=1S/C17H17N5O/c1-12-9-14(3-5-18-12)11-21-17(23)16-10-15(4-6-20-16)22-8-7-19-13(22)2/h3-10H,11H2,1-2H3,(H,21,23). The van der Waals surface area contributed by atoms with Crippen molar-refractivity contribution in [1.29, 1.82) is 0 Å². The van der Waals surface area contributed by atoms with Gasteiger partial charge in [0.2, 0.25) is 0 Å². The molecule has 3 heterocycles. The van der Waals surface area contributed by atoms with Gasteiger partial charge in [-0.3, -0.25) is 14.8 Å². The highest BCUT2D eigenvalue weighted by Gasteiger charge is 2.09. The molecule has 23 heavy (non-hydrogen) atoms. The van der Waals surface area contributed by atoms with Crippen molar-refractivity contribution in [2.45, 2.75) is 20.4 Å². The van der Waals surface area contributed by atoms with Crippen molar-refractivity contribution in [3.05, 3.63) is 71.8 Å². The van der Waals surface area contributed by atoms with Crippen molar-refractivity contribution >= 4 is 5.91 Å². The van der Waals surface area contributed by atoms with Crippen molar-refractivity contribution in [3.8, 4) is 5.69 Å². The van der Waals surface area contributed by atoms with Crippen LogP contribution < -0.4 is 5.32 Å². The Morgan fingerprint density at radius 3 is 2.65 bits per heavy atom. The summed E-state index contributed by atoms with van der Waals surface area (Å²) >= 11 is 0. The monoisotopic (exact) mass is 307 g/mol. The molecule has 3 aromatic rings. The summed E-state index contributed by atoms with van der Waals surface area (Å²) in [6.45, 7) is 4.27. The summed E-state index contributed by atoms with van der Waals surface area (Å²) in [6.07, 6.45) is 6.94. The summed E-state index contributed by atoms with van der Waals surface area (Å²) < 4.78 is 1.91. The second-order valence-electron chi connectivity index (χ2n) is 5.23. The molecule has 3 aromatic heterocycles. The number of hydrogen-bond donors (Lipinski definition) is 1. The zero-order valence-electron chi connectivity index (χ0n) is 13.0. The molecule has 0 aliphatic heterocycles. The Bertz CT molecular complexity index is 840. The van der Waals surface area contributed by atoms with E-state index in [1.807, 2.05) is 42.8 Å². The lowest BCUT2D eigenvalue weighted by Crippen LogP contribution is -2.24. The lowest BCUT2D eigenvalue weighted by molar-refractivity contribution is 0.0946. The number of pyridine rings is 2. The molecule has 116 valence electrons. The van der Waals surface area contributed by atoms with Crippen LogP contribution in [0.25, 0.3) is 5.69 Å². The molecule has 6 heteroatoms. The third-order valence-corrected chi connectivity index (χ3v) is 3.49. The third kappa shape index (κ3) is 3.42. The van der Waals surface area contributed by atoms with E-state index in [0.29, 0.717) is 12.2 Å². The molecule has 0 aromatic carbocycles. The van der Waals surface area contributed by atoms with Gasteiger partial charge < -0.3 is 9.88 Å². The van der Waals surface area contributed by atoms with Gasteiger partial charge in [0, 0.05) is 37.0 Å². The molecule has 0 fully saturated rings. The number of carbonyl (C=O) groups is 1. The smallest absolute Gasteiger partial charge is 0.270 e. The number of aromatic nitrogens is 4. The van der Waals surface area contributed by atoms with Gasteiger partial charge in [-0.15, -0.1) is 0 Å². The van der Waals surface area contributed by atoms with Crippen LogP contribution in [0.3, 0.4) is 0 Å². The fourth-order valence-corrected chi connectivity index (χ4v) is 2.33. The van der Waals surface area contributed by atoms with Crippen LogP contribution in [0, 0.1) is 13.8 Å². The molecular weight excluding hydrogens is 290 g/mol. The topological polar surface area (TPSA) is 72.7 Å². The molecule has 1 amide bonds. The normalized spacial score (nSPS) is 10.5. The van der Waals surface area contributed by atoms with E-state index >= 15 is 0 Å². The van der Waals surface area contributed by atoms with Gasteiger partial charge in [0.25, 0.3) is 5.91 Å². The molecule has 0 bridgehead atoms. The average molecular weight is 307 g/mol. The zero-order chi connectivity index (χ0) is 16.2. The SMILES string of the molecule is Cc1cc(CNC(=O)c2cc(-n3ccnc3C)ccn2)ccn1. The maximum atomic E-state index is 12.3. The Balaban J connectivity index is 1.74. The Kier molecular flexibility index (Phi) is 4.14. The van der Waals surface area contributed by atoms with E-state index in [1.165, 1.54) is 0 Å². The van der Waals surface area contributed by atoms with E-state index in [-0.39, 0.29) is 5.91 Å². The van der Waals surface area contributed by atoms with Crippen LogP contribution in [0.5, 0.6) is 0 Å². The summed E-state index contributed by atoms with van der Waals surface area (Å²) in [5.41, 5.74) is 3.17. The van der Waals surface area contributed by atoms with Gasteiger partial charge in [-0.1, -0.05) is 0 Å². The predicted molar refractivity (Wildman–Crippen MR) is 86.2 cm³/mol. The van der Waals surface area contributed by atoms with Gasteiger partial charge in [0.15, 0.2) is 0 Å². The number of carbonyl (C=O) groups excluding carboxylic acids is 1. The van der Waals surface area contributed by atoms with Crippen molar-refractivity contribution in [3.63, 3.8) is 0 Å². The van der Waals surface area contributed by atoms with Gasteiger partial charge in [-0.05, 0) is 43.7 Å². The first kappa shape index (κ1) is 14.9. The summed E-state index contributed by atoms with van der Waals surface area (Å²) in [7, 11) is 0. The summed E-state index contributed by atoms with van der Waals surface area (Å²) in [5, 5.41) is 2.88. The maximum Gasteiger partial charge on any atom is 0.270 e. The second kappa shape index (κ2) is 6.39. The predicted octanol–water partition coefficient (Wildman–Crippen LogP) is 2.21. The molecule has 0 saturated heterocycles. The third-order valence-electron chi connectivity index (χ3n) is 3.49. The first-order valence-corrected chi connectivity index (χ1v) is 7.29. The van der Waals surface area contributed by atoms with Gasteiger partial charge in [0.1, 0.15) is 11.5 Å². The highest BCUT2D eigenvalue weighted by Crippen LogP contribution is 2.11. The molecule has 3 rings (SSSR count). The van der Waals surface area contributed by atoms with E-state index in [1.54, 1.807) is 24.7 Å². The minimum atomic E-state index is -0.209. The molecule has 0 aliphatic carbocycles. The van der Waals surface area contributed by atoms with Gasteiger partial charge in [-0.2, -0.15) is 0 Å². The highest BCUT2D eigenvalue weighted by atomic mass is 16.1. The van der Waals surface area contributed by atoms with Crippen LogP contribution in [0.15, 0.2) is 49.1 Å². The van der Waals surface area contributed by atoms with E-state index in [2.05, 4.69) is 20.3 Å². The summed E-state index contributed by atoms with van der Waals surface area (Å²) in [5.74, 6) is 0.647. The van der Waals surface area contributed by atoms with Crippen molar-refractivity contribution in [1.82, 2.24) is 24.8 Å². The van der Waals surface area contributed by atoms with Crippen LogP contribution in [0.4, 0.5) is 0 Å².